The third-order valence-electron chi connectivity index (χ3n) is 4.50. The fourth-order valence-electron chi connectivity index (χ4n) is 3.05. The predicted molar refractivity (Wildman–Crippen MR) is 125 cm³/mol. The van der Waals surface area contributed by atoms with Crippen LogP contribution in [0.3, 0.4) is 0 Å². The molecule has 0 amide bonds. The third-order valence-corrected chi connectivity index (χ3v) is 5.43. The van der Waals surface area contributed by atoms with E-state index in [0.717, 1.165) is 38.4 Å². The van der Waals surface area contributed by atoms with Gasteiger partial charge in [0.15, 0.2) is 5.96 Å². The van der Waals surface area contributed by atoms with Crippen LogP contribution in [0.15, 0.2) is 28.7 Å². The van der Waals surface area contributed by atoms with Crippen molar-refractivity contribution in [1.82, 2.24) is 25.6 Å². The van der Waals surface area contributed by atoms with Crippen molar-refractivity contribution in [1.29, 1.82) is 0 Å². The molecule has 2 aromatic heterocycles. The first-order valence-corrected chi connectivity index (χ1v) is 10.3. The number of aliphatic imine (C=N–C) groups is 1. The molecule has 0 radical (unpaired) electrons. The maximum absolute atomic E-state index is 11.3. The number of hydrogen-bond acceptors (Lipinski definition) is 7. The Hall–Kier alpha value is -1.89. The number of carbonyl (C=O) groups is 1. The first-order valence-electron chi connectivity index (χ1n) is 9.47. The SMILES string of the molecule is CCNC(=NCc1cn(CC(=O)OC)nn1)NC1CCN(c2cccs2)CC1.I. The fraction of sp³-hybridized carbons (Fsp3) is 0.556. The van der Waals surface area contributed by atoms with E-state index in [1.54, 1.807) is 17.5 Å². The fourth-order valence-corrected chi connectivity index (χ4v) is 3.84. The minimum Gasteiger partial charge on any atom is -0.468 e. The van der Waals surface area contributed by atoms with Crippen molar-refractivity contribution in [3.63, 3.8) is 0 Å². The smallest absolute Gasteiger partial charge is 0.327 e. The van der Waals surface area contributed by atoms with Crippen LogP contribution in [-0.2, 0) is 22.6 Å². The number of aromatic nitrogens is 3. The molecule has 0 spiro atoms. The van der Waals surface area contributed by atoms with Gasteiger partial charge in [0.2, 0.25) is 0 Å². The molecule has 0 bridgehead atoms. The van der Waals surface area contributed by atoms with Crippen molar-refractivity contribution >= 4 is 52.2 Å². The van der Waals surface area contributed by atoms with Crippen LogP contribution >= 0.6 is 35.3 Å². The summed E-state index contributed by atoms with van der Waals surface area (Å²) in [6.45, 7) is 5.36. The van der Waals surface area contributed by atoms with Crippen molar-refractivity contribution < 1.29 is 9.53 Å². The predicted octanol–water partition coefficient (Wildman–Crippen LogP) is 1.85. The highest BCUT2D eigenvalue weighted by atomic mass is 127. The molecule has 0 atom stereocenters. The molecule has 0 aromatic carbocycles. The van der Waals surface area contributed by atoms with Crippen LogP contribution in [0.25, 0.3) is 0 Å². The molecule has 0 unspecified atom stereocenters. The van der Waals surface area contributed by atoms with Crippen LogP contribution in [0.2, 0.25) is 0 Å². The summed E-state index contributed by atoms with van der Waals surface area (Å²) >= 11 is 1.79. The Kier molecular flexibility index (Phi) is 9.64. The Morgan fingerprint density at radius 2 is 2.21 bits per heavy atom. The van der Waals surface area contributed by atoms with Gasteiger partial charge < -0.3 is 20.3 Å². The summed E-state index contributed by atoms with van der Waals surface area (Å²) in [5, 5.41) is 18.3. The van der Waals surface area contributed by atoms with Gasteiger partial charge in [0.1, 0.15) is 12.2 Å². The molecule has 11 heteroatoms. The summed E-state index contributed by atoms with van der Waals surface area (Å²) < 4.78 is 6.09. The maximum Gasteiger partial charge on any atom is 0.327 e. The van der Waals surface area contributed by atoms with E-state index in [2.05, 4.69) is 53.1 Å². The zero-order valence-electron chi connectivity index (χ0n) is 16.7. The molecule has 3 heterocycles. The number of thiophene rings is 1. The van der Waals surface area contributed by atoms with E-state index in [4.69, 9.17) is 0 Å². The Bertz CT molecular complexity index is 773. The van der Waals surface area contributed by atoms with Gasteiger partial charge in [-0.05, 0) is 37.3 Å². The molecule has 160 valence electrons. The van der Waals surface area contributed by atoms with Gasteiger partial charge in [-0.2, -0.15) is 0 Å². The minimum absolute atomic E-state index is 0. The first-order chi connectivity index (χ1) is 13.7. The summed E-state index contributed by atoms with van der Waals surface area (Å²) in [6.07, 6.45) is 3.85. The molecule has 1 aliphatic rings. The van der Waals surface area contributed by atoms with Gasteiger partial charge in [-0.3, -0.25) is 4.79 Å². The molecule has 9 nitrogen and oxygen atoms in total. The second-order valence-corrected chi connectivity index (χ2v) is 7.46. The lowest BCUT2D eigenvalue weighted by molar-refractivity contribution is -0.141. The van der Waals surface area contributed by atoms with E-state index in [0.29, 0.717) is 18.3 Å². The Labute approximate surface area is 191 Å². The quantitative estimate of drug-likeness (QED) is 0.243. The summed E-state index contributed by atoms with van der Waals surface area (Å²) in [6, 6.07) is 4.67. The van der Waals surface area contributed by atoms with Crippen LogP contribution in [-0.4, -0.2) is 59.7 Å². The molecular formula is C18H28IN7O2S. The van der Waals surface area contributed by atoms with Crippen molar-refractivity contribution in [2.24, 2.45) is 4.99 Å². The van der Waals surface area contributed by atoms with Crippen LogP contribution in [0, 0.1) is 0 Å². The van der Waals surface area contributed by atoms with Gasteiger partial charge >= 0.3 is 5.97 Å². The van der Waals surface area contributed by atoms with Crippen LogP contribution in [0.5, 0.6) is 0 Å². The zero-order chi connectivity index (χ0) is 19.8. The lowest BCUT2D eigenvalue weighted by Gasteiger charge is -2.33. The van der Waals surface area contributed by atoms with Crippen LogP contribution in [0.1, 0.15) is 25.5 Å². The molecule has 1 aliphatic heterocycles. The number of esters is 1. The summed E-state index contributed by atoms with van der Waals surface area (Å²) in [5.74, 6) is 0.420. The molecule has 1 fully saturated rings. The molecule has 3 rings (SSSR count). The highest BCUT2D eigenvalue weighted by Gasteiger charge is 2.20. The average molecular weight is 533 g/mol. The van der Waals surface area contributed by atoms with E-state index < -0.39 is 0 Å². The Morgan fingerprint density at radius 3 is 2.86 bits per heavy atom. The molecule has 2 N–H and O–H groups in total. The topological polar surface area (TPSA) is 96.7 Å². The zero-order valence-corrected chi connectivity index (χ0v) is 19.9. The van der Waals surface area contributed by atoms with Gasteiger partial charge in [-0.1, -0.05) is 5.21 Å². The molecular weight excluding hydrogens is 505 g/mol. The monoisotopic (exact) mass is 533 g/mol. The van der Waals surface area contributed by atoms with Crippen molar-refractivity contribution in [2.75, 3.05) is 31.6 Å². The number of rotatable bonds is 7. The number of halogens is 1. The van der Waals surface area contributed by atoms with Gasteiger partial charge in [0.05, 0.1) is 24.9 Å². The highest BCUT2D eigenvalue weighted by molar-refractivity contribution is 14.0. The number of anilines is 1. The summed E-state index contributed by atoms with van der Waals surface area (Å²) in [4.78, 5) is 18.3. The Morgan fingerprint density at radius 1 is 1.41 bits per heavy atom. The highest BCUT2D eigenvalue weighted by Crippen LogP contribution is 2.24. The molecule has 1 saturated heterocycles. The van der Waals surface area contributed by atoms with Crippen LogP contribution < -0.4 is 15.5 Å². The van der Waals surface area contributed by atoms with Gasteiger partial charge in [0, 0.05) is 25.7 Å². The second-order valence-electron chi connectivity index (χ2n) is 6.54. The number of methoxy groups -OCH3 is 1. The van der Waals surface area contributed by atoms with Crippen molar-refractivity contribution in [3.8, 4) is 0 Å². The van der Waals surface area contributed by atoms with Gasteiger partial charge in [-0.25, -0.2) is 9.67 Å². The number of piperidine rings is 1. The van der Waals surface area contributed by atoms with E-state index in [1.807, 2.05) is 6.92 Å². The third kappa shape index (κ3) is 7.14. The van der Waals surface area contributed by atoms with Crippen molar-refractivity contribution in [3.05, 3.63) is 29.4 Å². The van der Waals surface area contributed by atoms with Crippen LogP contribution in [0.4, 0.5) is 5.00 Å². The number of hydrogen-bond donors (Lipinski definition) is 2. The second kappa shape index (κ2) is 12.0. The van der Waals surface area contributed by atoms with E-state index >= 15 is 0 Å². The maximum atomic E-state index is 11.3. The van der Waals surface area contributed by atoms with Crippen molar-refractivity contribution in [2.45, 2.75) is 38.9 Å². The number of guanidine groups is 1. The lowest BCUT2D eigenvalue weighted by Crippen LogP contribution is -2.48. The Balaban J connectivity index is 0.00000300. The normalized spacial score (nSPS) is 15.0. The number of ether oxygens (including phenoxy) is 1. The van der Waals surface area contributed by atoms with E-state index in [9.17, 15) is 4.79 Å². The first kappa shape index (κ1) is 23.4. The number of nitrogens with zero attached hydrogens (tertiary/aromatic N) is 5. The van der Waals surface area contributed by atoms with E-state index in [1.165, 1.54) is 16.8 Å². The largest absolute Gasteiger partial charge is 0.468 e. The number of nitrogens with one attached hydrogen (secondary N) is 2. The minimum atomic E-state index is -0.358. The van der Waals surface area contributed by atoms with Gasteiger partial charge in [-0.15, -0.1) is 40.4 Å². The number of carbonyl (C=O) groups excluding carboxylic acids is 1. The molecule has 2 aromatic rings. The molecule has 0 saturated carbocycles. The standard InChI is InChI=1S/C18H27N7O2S.HI/c1-3-19-18(20-11-15-12-25(23-22-15)13-17(26)27-2)21-14-6-8-24(9-7-14)16-5-4-10-28-16;/h4-5,10,12,14H,3,6-9,11,13H2,1-2H3,(H2,19,20,21);1H. The molecule has 0 aliphatic carbocycles. The average Bonchev–Trinajstić information content (AvgIpc) is 3.39. The molecule has 29 heavy (non-hydrogen) atoms. The summed E-state index contributed by atoms with van der Waals surface area (Å²) in [7, 11) is 1.35. The van der Waals surface area contributed by atoms with Gasteiger partial charge in [0.25, 0.3) is 0 Å². The summed E-state index contributed by atoms with van der Waals surface area (Å²) in [5.41, 5.74) is 0.702. The van der Waals surface area contributed by atoms with E-state index in [-0.39, 0.29) is 36.5 Å². The lowest BCUT2D eigenvalue weighted by atomic mass is 10.1.